The second-order valence-electron chi connectivity index (χ2n) is 7.98. The van der Waals surface area contributed by atoms with Crippen LogP contribution in [0, 0.1) is 20.8 Å². The minimum absolute atomic E-state index is 0.0787. The number of amidine groups is 1. The summed E-state index contributed by atoms with van der Waals surface area (Å²) in [5.41, 5.74) is 4.85. The van der Waals surface area contributed by atoms with Crippen LogP contribution in [0.4, 0.5) is 5.69 Å². The number of sulfonamides is 1. The first-order valence-electron chi connectivity index (χ1n) is 10.5. The molecular formula is C24H26N4O3S. The number of carbonyl (C=O) groups is 1. The molecule has 0 bridgehead atoms. The number of rotatable bonds is 5. The van der Waals surface area contributed by atoms with E-state index in [1.165, 1.54) is 17.7 Å². The molecular weight excluding hydrogens is 424 g/mol. The van der Waals surface area contributed by atoms with Crippen molar-refractivity contribution in [3.63, 3.8) is 0 Å². The monoisotopic (exact) mass is 450 g/mol. The van der Waals surface area contributed by atoms with E-state index in [0.29, 0.717) is 30.1 Å². The van der Waals surface area contributed by atoms with Gasteiger partial charge in [-0.1, -0.05) is 23.8 Å². The summed E-state index contributed by atoms with van der Waals surface area (Å²) in [4.78, 5) is 17.3. The first-order valence-corrected chi connectivity index (χ1v) is 12.0. The molecule has 2 aromatic carbocycles. The molecule has 0 spiro atoms. The highest BCUT2D eigenvalue weighted by molar-refractivity contribution is 7.90. The molecule has 0 aliphatic carbocycles. The lowest BCUT2D eigenvalue weighted by atomic mass is 10.2. The average molecular weight is 451 g/mol. The topological polar surface area (TPSA) is 92.6 Å². The van der Waals surface area contributed by atoms with Crippen molar-refractivity contribution in [1.82, 2.24) is 9.29 Å². The third-order valence-electron chi connectivity index (χ3n) is 5.50. The Morgan fingerprint density at radius 3 is 2.47 bits per heavy atom. The fraction of sp³-hybridized carbons (Fsp3) is 0.250. The largest absolute Gasteiger partial charge is 0.322 e. The van der Waals surface area contributed by atoms with Gasteiger partial charge < -0.3 is 9.88 Å². The number of benzene rings is 2. The molecule has 7 nitrogen and oxygen atoms in total. The van der Waals surface area contributed by atoms with Crippen LogP contribution in [0.25, 0.3) is 5.69 Å². The normalized spacial score (nSPS) is 13.7. The molecule has 0 atom stereocenters. The second kappa shape index (κ2) is 8.63. The molecule has 1 amide bonds. The first kappa shape index (κ1) is 21.8. The molecule has 0 saturated carbocycles. The fourth-order valence-corrected chi connectivity index (χ4v) is 4.99. The Labute approximate surface area is 188 Å². The molecule has 32 heavy (non-hydrogen) atoms. The van der Waals surface area contributed by atoms with E-state index in [9.17, 15) is 13.2 Å². The zero-order valence-corrected chi connectivity index (χ0v) is 19.2. The van der Waals surface area contributed by atoms with Crippen molar-refractivity contribution in [2.75, 3.05) is 11.9 Å². The van der Waals surface area contributed by atoms with Crippen molar-refractivity contribution >= 4 is 27.5 Å². The Balaban J connectivity index is 1.57. The SMILES string of the molecule is Cc1ccc(-n2c(C)cc(C(=O)Nc3cccc(S(=O)(=O)NC4=NCCC4)c3)c2C)cc1. The van der Waals surface area contributed by atoms with Crippen LogP contribution in [0.15, 0.2) is 64.5 Å². The standard InChI is InChI=1S/C24H26N4O3S/c1-16-9-11-20(12-10-16)28-17(2)14-22(18(28)3)24(29)26-19-6-4-7-21(15-19)32(30,31)27-23-8-5-13-25-23/h4,6-7,9-12,14-15H,5,8,13H2,1-3H3,(H,25,27)(H,26,29). The van der Waals surface area contributed by atoms with E-state index >= 15 is 0 Å². The highest BCUT2D eigenvalue weighted by Crippen LogP contribution is 2.23. The van der Waals surface area contributed by atoms with Gasteiger partial charge in [0.05, 0.1) is 10.5 Å². The molecule has 0 saturated heterocycles. The van der Waals surface area contributed by atoms with Crippen molar-refractivity contribution in [2.24, 2.45) is 4.99 Å². The lowest BCUT2D eigenvalue weighted by Gasteiger charge is -2.11. The van der Waals surface area contributed by atoms with Gasteiger partial charge in [-0.2, -0.15) is 0 Å². The molecule has 1 aliphatic rings. The third kappa shape index (κ3) is 4.45. The van der Waals surface area contributed by atoms with E-state index in [-0.39, 0.29) is 10.8 Å². The number of hydrogen-bond acceptors (Lipinski definition) is 4. The molecule has 4 rings (SSSR count). The van der Waals surface area contributed by atoms with Crippen molar-refractivity contribution in [3.05, 3.63) is 77.1 Å². The number of hydrogen-bond donors (Lipinski definition) is 2. The Morgan fingerprint density at radius 1 is 1.03 bits per heavy atom. The van der Waals surface area contributed by atoms with E-state index < -0.39 is 10.0 Å². The van der Waals surface area contributed by atoms with E-state index in [1.54, 1.807) is 12.1 Å². The number of aliphatic imine (C=N–C) groups is 1. The fourth-order valence-electron chi connectivity index (χ4n) is 3.86. The average Bonchev–Trinajstić information content (AvgIpc) is 3.36. The predicted molar refractivity (Wildman–Crippen MR) is 126 cm³/mol. The summed E-state index contributed by atoms with van der Waals surface area (Å²) in [6.45, 7) is 6.52. The van der Waals surface area contributed by atoms with Crippen molar-refractivity contribution in [2.45, 2.75) is 38.5 Å². The van der Waals surface area contributed by atoms with Crippen LogP contribution in [-0.2, 0) is 10.0 Å². The maximum Gasteiger partial charge on any atom is 0.262 e. The minimum Gasteiger partial charge on any atom is -0.322 e. The van der Waals surface area contributed by atoms with Gasteiger partial charge in [0.2, 0.25) is 0 Å². The highest BCUT2D eigenvalue weighted by Gasteiger charge is 2.20. The number of aromatic nitrogens is 1. The van der Waals surface area contributed by atoms with Crippen LogP contribution in [0.3, 0.4) is 0 Å². The number of carbonyl (C=O) groups excluding carboxylic acids is 1. The summed E-state index contributed by atoms with van der Waals surface area (Å²) < 4.78 is 29.9. The van der Waals surface area contributed by atoms with Crippen LogP contribution in [0.2, 0.25) is 0 Å². The summed E-state index contributed by atoms with van der Waals surface area (Å²) in [6, 6.07) is 16.2. The maximum absolute atomic E-state index is 13.0. The summed E-state index contributed by atoms with van der Waals surface area (Å²) in [6.07, 6.45) is 1.46. The van der Waals surface area contributed by atoms with Crippen LogP contribution in [-0.4, -0.2) is 31.3 Å². The molecule has 0 unspecified atom stereocenters. The predicted octanol–water partition coefficient (Wildman–Crippen LogP) is 4.13. The van der Waals surface area contributed by atoms with E-state index in [0.717, 1.165) is 23.5 Å². The minimum atomic E-state index is -3.75. The second-order valence-corrected chi connectivity index (χ2v) is 9.66. The molecule has 2 N–H and O–H groups in total. The summed E-state index contributed by atoms with van der Waals surface area (Å²) in [7, 11) is -3.75. The van der Waals surface area contributed by atoms with Gasteiger partial charge in [0.25, 0.3) is 15.9 Å². The van der Waals surface area contributed by atoms with Crippen molar-refractivity contribution in [1.29, 1.82) is 0 Å². The Kier molecular flexibility index (Phi) is 5.88. The van der Waals surface area contributed by atoms with Crippen LogP contribution >= 0.6 is 0 Å². The number of anilines is 1. The quantitative estimate of drug-likeness (QED) is 0.612. The smallest absolute Gasteiger partial charge is 0.262 e. The molecule has 1 aromatic heterocycles. The van der Waals surface area contributed by atoms with Gasteiger partial charge in [-0.25, -0.2) is 8.42 Å². The lowest BCUT2D eigenvalue weighted by Crippen LogP contribution is -2.29. The van der Waals surface area contributed by atoms with E-state index in [2.05, 4.69) is 15.0 Å². The van der Waals surface area contributed by atoms with Gasteiger partial charge in [0.1, 0.15) is 5.84 Å². The van der Waals surface area contributed by atoms with Gasteiger partial charge in [0, 0.05) is 35.7 Å². The zero-order chi connectivity index (χ0) is 22.9. The van der Waals surface area contributed by atoms with Crippen molar-refractivity contribution in [3.8, 4) is 5.69 Å². The molecule has 8 heteroatoms. The van der Waals surface area contributed by atoms with Gasteiger partial charge in [0.15, 0.2) is 0 Å². The Hall–Kier alpha value is -3.39. The molecule has 1 aliphatic heterocycles. The van der Waals surface area contributed by atoms with Crippen LogP contribution in [0.5, 0.6) is 0 Å². The van der Waals surface area contributed by atoms with Gasteiger partial charge in [-0.05, 0) is 63.6 Å². The molecule has 166 valence electrons. The molecule has 0 radical (unpaired) electrons. The van der Waals surface area contributed by atoms with Crippen LogP contribution < -0.4 is 10.0 Å². The number of nitrogens with zero attached hydrogens (tertiary/aromatic N) is 2. The van der Waals surface area contributed by atoms with Crippen LogP contribution in [0.1, 0.15) is 40.2 Å². The molecule has 0 fully saturated rings. The summed E-state index contributed by atoms with van der Waals surface area (Å²) >= 11 is 0. The van der Waals surface area contributed by atoms with Crippen molar-refractivity contribution < 1.29 is 13.2 Å². The maximum atomic E-state index is 13.0. The Bertz CT molecular complexity index is 1310. The highest BCUT2D eigenvalue weighted by atomic mass is 32.2. The molecule has 2 heterocycles. The number of aryl methyl sites for hydroxylation is 2. The van der Waals surface area contributed by atoms with E-state index in [4.69, 9.17) is 0 Å². The van der Waals surface area contributed by atoms with Gasteiger partial charge in [-0.15, -0.1) is 0 Å². The number of amides is 1. The first-order chi connectivity index (χ1) is 15.2. The van der Waals surface area contributed by atoms with Gasteiger partial charge in [-0.3, -0.25) is 14.5 Å². The Morgan fingerprint density at radius 2 is 1.78 bits per heavy atom. The third-order valence-corrected chi connectivity index (χ3v) is 6.88. The zero-order valence-electron chi connectivity index (χ0n) is 18.3. The lowest BCUT2D eigenvalue weighted by molar-refractivity contribution is 0.102. The summed E-state index contributed by atoms with van der Waals surface area (Å²) in [5, 5.41) is 2.83. The summed E-state index contributed by atoms with van der Waals surface area (Å²) in [5.74, 6) is 0.183. The molecule has 3 aromatic rings. The van der Waals surface area contributed by atoms with E-state index in [1.807, 2.05) is 55.7 Å². The number of nitrogens with one attached hydrogen (secondary N) is 2. The van der Waals surface area contributed by atoms with Gasteiger partial charge >= 0.3 is 0 Å².